The Kier molecular flexibility index (Phi) is 5.59. The second-order valence-corrected chi connectivity index (χ2v) is 9.57. The van der Waals surface area contributed by atoms with Gasteiger partial charge < -0.3 is 15.1 Å². The molecular formula is C25H28N10O. The molecule has 0 atom stereocenters. The molecule has 4 heterocycles. The first-order valence-electron chi connectivity index (χ1n) is 12.1. The molecule has 11 nitrogen and oxygen atoms in total. The van der Waals surface area contributed by atoms with E-state index in [1.807, 2.05) is 42.5 Å². The molecule has 2 N–H and O–H groups in total. The number of benzene rings is 1. The normalized spacial score (nSPS) is 15.0. The summed E-state index contributed by atoms with van der Waals surface area (Å²) in [6, 6.07) is 8.83. The highest BCUT2D eigenvalue weighted by Gasteiger charge is 2.25. The molecule has 3 aromatic heterocycles. The van der Waals surface area contributed by atoms with Gasteiger partial charge in [-0.25, -0.2) is 9.97 Å². The average Bonchev–Trinajstić information content (AvgIpc) is 3.61. The number of carbonyl (C=O) groups excluding carboxylic acids is 1. The van der Waals surface area contributed by atoms with Crippen LogP contribution in [0, 0.1) is 0 Å². The van der Waals surface area contributed by atoms with Gasteiger partial charge in [0, 0.05) is 62.8 Å². The SMILES string of the molecule is CN(C)c1nn(CC(=O)N2CCc3nn[nH]c3C2)cc1-c1cnc(NC2Cc3ccccc3C2)nc1. The van der Waals surface area contributed by atoms with Crippen molar-refractivity contribution in [3.63, 3.8) is 0 Å². The number of aromatic amines is 1. The summed E-state index contributed by atoms with van der Waals surface area (Å²) in [5.41, 5.74) is 6.34. The molecule has 0 radical (unpaired) electrons. The van der Waals surface area contributed by atoms with Gasteiger partial charge in [0.15, 0.2) is 5.82 Å². The highest BCUT2D eigenvalue weighted by molar-refractivity contribution is 5.78. The van der Waals surface area contributed by atoms with E-state index in [0.717, 1.165) is 41.2 Å². The summed E-state index contributed by atoms with van der Waals surface area (Å²) in [5.74, 6) is 1.38. The van der Waals surface area contributed by atoms with Gasteiger partial charge in [0.2, 0.25) is 11.9 Å². The Bertz CT molecular complexity index is 1370. The maximum atomic E-state index is 13.0. The molecule has 11 heteroatoms. The Morgan fingerprint density at radius 3 is 2.64 bits per heavy atom. The lowest BCUT2D eigenvalue weighted by Gasteiger charge is -2.25. The van der Waals surface area contributed by atoms with Crippen LogP contribution in [0.15, 0.2) is 42.9 Å². The fraction of sp³-hybridized carbons (Fsp3) is 0.360. The smallest absolute Gasteiger partial charge is 0.244 e. The molecule has 1 amide bonds. The zero-order chi connectivity index (χ0) is 24.6. The number of hydrogen-bond donors (Lipinski definition) is 2. The number of amides is 1. The lowest BCUT2D eigenvalue weighted by Crippen LogP contribution is -2.38. The van der Waals surface area contributed by atoms with Crippen LogP contribution in [-0.4, -0.2) is 72.6 Å². The minimum Gasteiger partial charge on any atom is -0.361 e. The fourth-order valence-corrected chi connectivity index (χ4v) is 4.97. The van der Waals surface area contributed by atoms with Crippen molar-refractivity contribution in [3.05, 3.63) is 65.4 Å². The summed E-state index contributed by atoms with van der Waals surface area (Å²) in [5, 5.41) is 18.9. The van der Waals surface area contributed by atoms with Crippen LogP contribution >= 0.6 is 0 Å². The lowest BCUT2D eigenvalue weighted by molar-refractivity contribution is -0.133. The molecule has 4 aromatic rings. The van der Waals surface area contributed by atoms with Crippen molar-refractivity contribution >= 4 is 17.7 Å². The maximum Gasteiger partial charge on any atom is 0.244 e. The Labute approximate surface area is 208 Å². The van der Waals surface area contributed by atoms with Crippen LogP contribution in [0.3, 0.4) is 0 Å². The van der Waals surface area contributed by atoms with E-state index in [4.69, 9.17) is 0 Å². The predicted octanol–water partition coefficient (Wildman–Crippen LogP) is 1.69. The molecular weight excluding hydrogens is 456 g/mol. The Hall–Kier alpha value is -4.28. The fourth-order valence-electron chi connectivity index (χ4n) is 4.97. The van der Waals surface area contributed by atoms with Gasteiger partial charge in [0.25, 0.3) is 0 Å². The minimum atomic E-state index is 0.00274. The number of H-pyrrole nitrogens is 1. The molecule has 0 saturated heterocycles. The van der Waals surface area contributed by atoms with Crippen LogP contribution in [0.1, 0.15) is 22.5 Å². The van der Waals surface area contributed by atoms with E-state index in [2.05, 4.69) is 60.1 Å². The number of aromatic nitrogens is 7. The molecule has 36 heavy (non-hydrogen) atoms. The summed E-state index contributed by atoms with van der Waals surface area (Å²) in [4.78, 5) is 25.9. The van der Waals surface area contributed by atoms with Gasteiger partial charge in [-0.2, -0.15) is 5.10 Å². The monoisotopic (exact) mass is 484 g/mol. The van der Waals surface area contributed by atoms with Gasteiger partial charge in [-0.05, 0) is 24.0 Å². The number of carbonyl (C=O) groups is 1. The van der Waals surface area contributed by atoms with Crippen molar-refractivity contribution < 1.29 is 4.79 Å². The third-order valence-electron chi connectivity index (χ3n) is 6.83. The average molecular weight is 485 g/mol. The second kappa shape index (κ2) is 9.06. The van der Waals surface area contributed by atoms with Crippen LogP contribution in [0.2, 0.25) is 0 Å². The third-order valence-corrected chi connectivity index (χ3v) is 6.83. The number of rotatable bonds is 6. The Morgan fingerprint density at radius 1 is 1.17 bits per heavy atom. The zero-order valence-electron chi connectivity index (χ0n) is 20.3. The van der Waals surface area contributed by atoms with Crippen molar-refractivity contribution in [2.45, 2.75) is 38.4 Å². The number of anilines is 2. The second-order valence-electron chi connectivity index (χ2n) is 9.57. The van der Waals surface area contributed by atoms with Gasteiger partial charge in [-0.1, -0.05) is 29.5 Å². The van der Waals surface area contributed by atoms with Crippen LogP contribution < -0.4 is 10.2 Å². The molecule has 1 aliphatic carbocycles. The van der Waals surface area contributed by atoms with E-state index in [9.17, 15) is 4.79 Å². The molecule has 6 rings (SSSR count). The molecule has 0 bridgehead atoms. The zero-order valence-corrected chi connectivity index (χ0v) is 20.3. The van der Waals surface area contributed by atoms with Gasteiger partial charge in [-0.15, -0.1) is 5.10 Å². The van der Waals surface area contributed by atoms with E-state index in [-0.39, 0.29) is 12.5 Å². The number of nitrogens with one attached hydrogen (secondary N) is 2. The number of hydrogen-bond acceptors (Lipinski definition) is 8. The summed E-state index contributed by atoms with van der Waals surface area (Å²) in [7, 11) is 3.87. The first-order valence-corrected chi connectivity index (χ1v) is 12.1. The largest absolute Gasteiger partial charge is 0.361 e. The van der Waals surface area contributed by atoms with Gasteiger partial charge >= 0.3 is 0 Å². The summed E-state index contributed by atoms with van der Waals surface area (Å²) >= 11 is 0. The van der Waals surface area contributed by atoms with Gasteiger partial charge in [0.1, 0.15) is 6.54 Å². The van der Waals surface area contributed by atoms with E-state index in [0.29, 0.717) is 31.5 Å². The summed E-state index contributed by atoms with van der Waals surface area (Å²) in [6.45, 7) is 1.27. The molecule has 2 aliphatic rings. The van der Waals surface area contributed by atoms with Crippen molar-refractivity contribution in [1.82, 2.24) is 40.1 Å². The molecule has 0 spiro atoms. The lowest BCUT2D eigenvalue weighted by atomic mass is 10.1. The summed E-state index contributed by atoms with van der Waals surface area (Å²) in [6.07, 6.45) is 8.16. The summed E-state index contributed by atoms with van der Waals surface area (Å²) < 4.78 is 1.69. The van der Waals surface area contributed by atoms with Crippen molar-refractivity contribution in [3.8, 4) is 11.1 Å². The van der Waals surface area contributed by atoms with Crippen molar-refractivity contribution in [2.75, 3.05) is 30.9 Å². The van der Waals surface area contributed by atoms with Crippen LogP contribution in [0.5, 0.6) is 0 Å². The van der Waals surface area contributed by atoms with E-state index in [1.54, 1.807) is 4.68 Å². The van der Waals surface area contributed by atoms with Crippen LogP contribution in [0.25, 0.3) is 11.1 Å². The quantitative estimate of drug-likeness (QED) is 0.424. The Balaban J connectivity index is 1.15. The van der Waals surface area contributed by atoms with E-state index in [1.165, 1.54) is 11.1 Å². The third kappa shape index (κ3) is 4.28. The topological polar surface area (TPSA) is 121 Å². The van der Waals surface area contributed by atoms with Crippen molar-refractivity contribution in [2.24, 2.45) is 0 Å². The van der Waals surface area contributed by atoms with Crippen molar-refractivity contribution in [1.29, 1.82) is 0 Å². The standard InChI is InChI=1S/C25H28N10O/c1-33(2)24-20(13-35(31-24)15-23(36)34-8-7-21-22(14-34)30-32-29-21)18-11-26-25(27-12-18)28-19-9-16-5-3-4-6-17(16)10-19/h3-6,11-13,19H,7-10,14-15H2,1-2H3,(H,26,27,28)(H,29,30,32). The molecule has 1 aromatic carbocycles. The molecule has 0 saturated carbocycles. The van der Waals surface area contributed by atoms with Gasteiger partial charge in [0.05, 0.1) is 17.9 Å². The molecule has 184 valence electrons. The minimum absolute atomic E-state index is 0.00274. The number of fused-ring (bicyclic) bond motifs is 2. The van der Waals surface area contributed by atoms with Crippen LogP contribution in [-0.2, 0) is 37.1 Å². The molecule has 1 aliphatic heterocycles. The number of nitrogens with zero attached hydrogens (tertiary/aromatic N) is 8. The Morgan fingerprint density at radius 2 is 1.92 bits per heavy atom. The molecule has 0 fully saturated rings. The van der Waals surface area contributed by atoms with E-state index < -0.39 is 0 Å². The molecule has 0 unspecified atom stereocenters. The first-order chi connectivity index (χ1) is 17.5. The maximum absolute atomic E-state index is 13.0. The van der Waals surface area contributed by atoms with Gasteiger partial charge in [-0.3, -0.25) is 14.6 Å². The highest BCUT2D eigenvalue weighted by atomic mass is 16.2. The predicted molar refractivity (Wildman–Crippen MR) is 134 cm³/mol. The first kappa shape index (κ1) is 22.2. The highest BCUT2D eigenvalue weighted by Crippen LogP contribution is 2.29. The van der Waals surface area contributed by atoms with E-state index >= 15 is 0 Å². The van der Waals surface area contributed by atoms with Crippen LogP contribution in [0.4, 0.5) is 11.8 Å².